The first-order valence-corrected chi connectivity index (χ1v) is 10.00. The van der Waals surface area contributed by atoms with Gasteiger partial charge in [0.05, 0.1) is 19.4 Å². The van der Waals surface area contributed by atoms with Crippen molar-refractivity contribution in [3.8, 4) is 11.6 Å². The van der Waals surface area contributed by atoms with Crippen LogP contribution in [0, 0.1) is 0 Å². The number of benzene rings is 1. The van der Waals surface area contributed by atoms with Gasteiger partial charge in [0.25, 0.3) is 5.91 Å². The number of hydrogen-bond donors (Lipinski definition) is 0. The van der Waals surface area contributed by atoms with Crippen LogP contribution in [0.15, 0.2) is 42.6 Å². The Morgan fingerprint density at radius 1 is 1.10 bits per heavy atom. The van der Waals surface area contributed by atoms with E-state index in [-0.39, 0.29) is 5.91 Å². The standard InChI is InChI=1S/C22H30N4O3/c1-24(2)22(27)18-8-6-11-23-21(18)29-17-7-12-25-13-15-26(16-14-25)19-9-4-5-10-20(19)28-3/h4-6,8-11H,7,12-17H2,1-3H3. The van der Waals surface area contributed by atoms with Crippen molar-refractivity contribution in [3.05, 3.63) is 48.2 Å². The fourth-order valence-electron chi connectivity index (χ4n) is 3.47. The van der Waals surface area contributed by atoms with Gasteiger partial charge in [-0.05, 0) is 30.7 Å². The summed E-state index contributed by atoms with van der Waals surface area (Å²) in [5.41, 5.74) is 1.66. The third-order valence-electron chi connectivity index (χ3n) is 5.06. The number of piperazine rings is 1. The van der Waals surface area contributed by atoms with Crippen molar-refractivity contribution in [2.24, 2.45) is 0 Å². The smallest absolute Gasteiger partial charge is 0.258 e. The summed E-state index contributed by atoms with van der Waals surface area (Å²) in [6.45, 7) is 5.46. The molecular formula is C22H30N4O3. The average molecular weight is 399 g/mol. The lowest BCUT2D eigenvalue weighted by atomic mass is 10.2. The normalized spacial score (nSPS) is 14.5. The quantitative estimate of drug-likeness (QED) is 0.637. The summed E-state index contributed by atoms with van der Waals surface area (Å²) in [6.07, 6.45) is 2.54. The van der Waals surface area contributed by atoms with Crippen LogP contribution in [-0.4, -0.2) is 81.2 Å². The van der Waals surface area contributed by atoms with Crippen LogP contribution in [0.1, 0.15) is 16.8 Å². The van der Waals surface area contributed by atoms with Crippen LogP contribution >= 0.6 is 0 Å². The number of nitrogens with zero attached hydrogens (tertiary/aromatic N) is 4. The summed E-state index contributed by atoms with van der Waals surface area (Å²) in [5.74, 6) is 1.24. The second kappa shape index (κ2) is 10.1. The van der Waals surface area contributed by atoms with Crippen LogP contribution in [0.2, 0.25) is 0 Å². The highest BCUT2D eigenvalue weighted by Gasteiger charge is 2.19. The molecule has 0 N–H and O–H groups in total. The van der Waals surface area contributed by atoms with Gasteiger partial charge < -0.3 is 19.3 Å². The maximum Gasteiger partial charge on any atom is 0.258 e. The summed E-state index contributed by atoms with van der Waals surface area (Å²) >= 11 is 0. The molecule has 156 valence electrons. The van der Waals surface area contributed by atoms with Crippen LogP contribution in [0.5, 0.6) is 11.6 Å². The summed E-state index contributed by atoms with van der Waals surface area (Å²) in [7, 11) is 5.17. The van der Waals surface area contributed by atoms with Gasteiger partial charge in [0, 0.05) is 53.0 Å². The van der Waals surface area contributed by atoms with Gasteiger partial charge in [0.15, 0.2) is 0 Å². The van der Waals surface area contributed by atoms with E-state index in [1.165, 1.54) is 4.90 Å². The number of aromatic nitrogens is 1. The minimum atomic E-state index is -0.0967. The van der Waals surface area contributed by atoms with Gasteiger partial charge in [-0.15, -0.1) is 0 Å². The molecule has 0 aliphatic carbocycles. The molecule has 29 heavy (non-hydrogen) atoms. The number of para-hydroxylation sites is 2. The summed E-state index contributed by atoms with van der Waals surface area (Å²) < 4.78 is 11.3. The number of carbonyl (C=O) groups is 1. The number of anilines is 1. The molecule has 1 fully saturated rings. The monoisotopic (exact) mass is 398 g/mol. The highest BCUT2D eigenvalue weighted by molar-refractivity contribution is 5.95. The molecule has 1 saturated heterocycles. The molecule has 0 spiro atoms. The van der Waals surface area contributed by atoms with Gasteiger partial charge in [0.1, 0.15) is 11.3 Å². The van der Waals surface area contributed by atoms with E-state index < -0.39 is 0 Å². The fourth-order valence-corrected chi connectivity index (χ4v) is 3.47. The van der Waals surface area contributed by atoms with Gasteiger partial charge >= 0.3 is 0 Å². The Kier molecular flexibility index (Phi) is 7.30. The molecule has 0 unspecified atom stereocenters. The highest BCUT2D eigenvalue weighted by Crippen LogP contribution is 2.28. The maximum absolute atomic E-state index is 12.2. The number of pyridine rings is 1. The van der Waals surface area contributed by atoms with E-state index in [0.29, 0.717) is 18.1 Å². The van der Waals surface area contributed by atoms with Crippen LogP contribution in [0.25, 0.3) is 0 Å². The highest BCUT2D eigenvalue weighted by atomic mass is 16.5. The predicted molar refractivity (Wildman–Crippen MR) is 114 cm³/mol. The van der Waals surface area contributed by atoms with Crippen molar-refractivity contribution < 1.29 is 14.3 Å². The number of amides is 1. The minimum Gasteiger partial charge on any atom is -0.495 e. The van der Waals surface area contributed by atoms with Crippen molar-refractivity contribution in [1.82, 2.24) is 14.8 Å². The molecular weight excluding hydrogens is 368 g/mol. The van der Waals surface area contributed by atoms with Gasteiger partial charge in [0.2, 0.25) is 5.88 Å². The molecule has 0 saturated carbocycles. The van der Waals surface area contributed by atoms with Crippen molar-refractivity contribution in [2.75, 3.05) is 65.4 Å². The minimum absolute atomic E-state index is 0.0967. The zero-order valence-corrected chi connectivity index (χ0v) is 17.5. The van der Waals surface area contributed by atoms with Gasteiger partial charge in [-0.2, -0.15) is 0 Å². The van der Waals surface area contributed by atoms with Crippen LogP contribution in [0.4, 0.5) is 5.69 Å². The van der Waals surface area contributed by atoms with Crippen molar-refractivity contribution >= 4 is 11.6 Å². The van der Waals surface area contributed by atoms with Crippen molar-refractivity contribution in [2.45, 2.75) is 6.42 Å². The Labute approximate surface area is 172 Å². The third-order valence-corrected chi connectivity index (χ3v) is 5.06. The van der Waals surface area contributed by atoms with Crippen LogP contribution < -0.4 is 14.4 Å². The van der Waals surface area contributed by atoms with Gasteiger partial charge in [-0.1, -0.05) is 12.1 Å². The molecule has 1 aliphatic heterocycles. The lowest BCUT2D eigenvalue weighted by Gasteiger charge is -2.36. The average Bonchev–Trinajstić information content (AvgIpc) is 2.77. The molecule has 1 aromatic carbocycles. The molecule has 0 bridgehead atoms. The van der Waals surface area contributed by atoms with E-state index in [0.717, 1.165) is 50.6 Å². The van der Waals surface area contributed by atoms with Crippen molar-refractivity contribution in [1.29, 1.82) is 0 Å². The molecule has 3 rings (SSSR count). The molecule has 7 heteroatoms. The topological polar surface area (TPSA) is 58.1 Å². The fraction of sp³-hybridized carbons (Fsp3) is 0.455. The number of ether oxygens (including phenoxy) is 2. The number of methoxy groups -OCH3 is 1. The predicted octanol–water partition coefficient (Wildman–Crippen LogP) is 2.38. The Hall–Kier alpha value is -2.80. The Bertz CT molecular complexity index is 804. The molecule has 1 amide bonds. The Balaban J connectivity index is 1.44. The van der Waals surface area contributed by atoms with E-state index in [1.54, 1.807) is 39.5 Å². The first-order valence-electron chi connectivity index (χ1n) is 10.00. The van der Waals surface area contributed by atoms with E-state index in [2.05, 4.69) is 26.9 Å². The van der Waals surface area contributed by atoms with E-state index >= 15 is 0 Å². The zero-order chi connectivity index (χ0) is 20.6. The van der Waals surface area contributed by atoms with E-state index in [4.69, 9.17) is 9.47 Å². The SMILES string of the molecule is COc1ccccc1N1CCN(CCCOc2ncccc2C(=O)N(C)C)CC1. The Morgan fingerprint density at radius 2 is 1.86 bits per heavy atom. The maximum atomic E-state index is 12.2. The van der Waals surface area contributed by atoms with Crippen LogP contribution in [0.3, 0.4) is 0 Å². The Morgan fingerprint density at radius 3 is 2.59 bits per heavy atom. The van der Waals surface area contributed by atoms with Crippen LogP contribution in [-0.2, 0) is 0 Å². The van der Waals surface area contributed by atoms with E-state index in [9.17, 15) is 4.79 Å². The largest absolute Gasteiger partial charge is 0.495 e. The van der Waals surface area contributed by atoms with Gasteiger partial charge in [-0.25, -0.2) is 4.98 Å². The number of hydrogen-bond acceptors (Lipinski definition) is 6. The van der Waals surface area contributed by atoms with Gasteiger partial charge in [-0.3, -0.25) is 9.69 Å². The lowest BCUT2D eigenvalue weighted by molar-refractivity contribution is 0.0822. The zero-order valence-electron chi connectivity index (χ0n) is 17.5. The second-order valence-corrected chi connectivity index (χ2v) is 7.26. The molecule has 1 aromatic heterocycles. The molecule has 2 heterocycles. The second-order valence-electron chi connectivity index (χ2n) is 7.26. The molecule has 0 atom stereocenters. The molecule has 1 aliphatic rings. The van der Waals surface area contributed by atoms with Crippen molar-refractivity contribution in [3.63, 3.8) is 0 Å². The summed E-state index contributed by atoms with van der Waals surface area (Å²) in [5, 5.41) is 0. The number of rotatable bonds is 8. The first-order chi connectivity index (χ1) is 14.1. The molecule has 2 aromatic rings. The molecule has 0 radical (unpaired) electrons. The summed E-state index contributed by atoms with van der Waals surface area (Å²) in [4.78, 5) is 22.8. The van der Waals surface area contributed by atoms with E-state index in [1.807, 2.05) is 12.1 Å². The summed E-state index contributed by atoms with van der Waals surface area (Å²) in [6, 6.07) is 11.7. The third kappa shape index (κ3) is 5.38. The first kappa shape index (κ1) is 20.9. The lowest BCUT2D eigenvalue weighted by Crippen LogP contribution is -2.46. The number of carbonyl (C=O) groups excluding carboxylic acids is 1. The molecule has 7 nitrogen and oxygen atoms in total.